The van der Waals surface area contributed by atoms with Crippen LogP contribution >= 0.6 is 0 Å². The minimum Gasteiger partial charge on any atom is -0.237 e. The third kappa shape index (κ3) is 13.8. The third-order valence-corrected chi connectivity index (χ3v) is 8.92. The summed E-state index contributed by atoms with van der Waals surface area (Å²) in [5.74, 6) is 0. The second kappa shape index (κ2) is 21.3. The van der Waals surface area contributed by atoms with Gasteiger partial charge in [0.25, 0.3) is 0 Å². The zero-order chi connectivity index (χ0) is 32.1. The van der Waals surface area contributed by atoms with Crippen LogP contribution in [-0.2, 0) is 26.2 Å². The van der Waals surface area contributed by atoms with Crippen LogP contribution in [0.1, 0.15) is 128 Å². The fourth-order valence-corrected chi connectivity index (χ4v) is 6.06. The van der Waals surface area contributed by atoms with Gasteiger partial charge in [-0.1, -0.05) is 115 Å². The maximum Gasteiger partial charge on any atom is 0.244 e. The molecule has 0 fully saturated rings. The molecule has 0 unspecified atom stereocenters. The van der Waals surface area contributed by atoms with Crippen molar-refractivity contribution in [3.63, 3.8) is 0 Å². The number of aryl methyl sites for hydroxylation is 2. The summed E-state index contributed by atoms with van der Waals surface area (Å²) in [5, 5.41) is 8.96. The molecule has 0 atom stereocenters. The number of nitrogens with zero attached hydrogens (tertiary/aromatic N) is 6. The van der Waals surface area contributed by atoms with E-state index in [1.165, 1.54) is 114 Å². The fourth-order valence-electron chi connectivity index (χ4n) is 6.06. The standard InChI is InChI=1S/C40H60N6/c1-3-5-7-9-11-13-15-17-27-43-29-31-45(35-43)33-37-19-23-39(24-20-37)41-42-40-25-21-38(22-26-40)34-46-32-30-44(36-46)28-18-16-14-12-10-8-6-4-2/h19-26,29-32,35-36H,3-18,27-28,33-34H2,1-2H3/q+2. The van der Waals surface area contributed by atoms with Gasteiger partial charge in [-0.25, -0.2) is 18.3 Å². The molecule has 0 aliphatic carbocycles. The van der Waals surface area contributed by atoms with Gasteiger partial charge in [0.2, 0.25) is 12.7 Å². The molecule has 2 heterocycles. The summed E-state index contributed by atoms with van der Waals surface area (Å²) in [6, 6.07) is 16.8. The number of azo groups is 1. The van der Waals surface area contributed by atoms with E-state index >= 15 is 0 Å². The first-order valence-corrected chi connectivity index (χ1v) is 18.4. The SMILES string of the molecule is CCCCCCCCCCn1cc[n+](Cc2ccc(N=Nc3ccc(C[n+]4ccn(CCCCCCCCCC)c4)cc3)cc2)c1. The summed E-state index contributed by atoms with van der Waals surface area (Å²) in [6.07, 6.45) is 34.9. The highest BCUT2D eigenvalue weighted by Crippen LogP contribution is 2.19. The molecule has 2 aromatic carbocycles. The molecule has 6 nitrogen and oxygen atoms in total. The summed E-state index contributed by atoms with van der Waals surface area (Å²) in [7, 11) is 0. The predicted octanol–water partition coefficient (Wildman–Crippen LogP) is 10.7. The highest BCUT2D eigenvalue weighted by atomic mass is 15.1. The van der Waals surface area contributed by atoms with Crippen molar-refractivity contribution >= 4 is 11.4 Å². The summed E-state index contributed by atoms with van der Waals surface area (Å²) in [4.78, 5) is 0. The minimum atomic E-state index is 0.865. The maximum atomic E-state index is 4.48. The van der Waals surface area contributed by atoms with Gasteiger partial charge in [-0.2, -0.15) is 10.2 Å². The zero-order valence-corrected chi connectivity index (χ0v) is 28.9. The first-order valence-electron chi connectivity index (χ1n) is 18.4. The summed E-state index contributed by atoms with van der Waals surface area (Å²) in [5.41, 5.74) is 4.28. The Balaban J connectivity index is 1.13. The van der Waals surface area contributed by atoms with Crippen molar-refractivity contribution in [2.75, 3.05) is 0 Å². The largest absolute Gasteiger partial charge is 0.244 e. The van der Waals surface area contributed by atoms with Gasteiger partial charge < -0.3 is 0 Å². The number of hydrogen-bond acceptors (Lipinski definition) is 2. The van der Waals surface area contributed by atoms with Crippen molar-refractivity contribution in [2.45, 2.75) is 143 Å². The Morgan fingerprint density at radius 2 is 0.804 bits per heavy atom. The number of aromatic nitrogens is 4. The van der Waals surface area contributed by atoms with Gasteiger partial charge in [-0.3, -0.25) is 0 Å². The van der Waals surface area contributed by atoms with E-state index in [2.05, 4.69) is 128 Å². The summed E-state index contributed by atoms with van der Waals surface area (Å²) in [6.45, 7) is 8.50. The van der Waals surface area contributed by atoms with Crippen molar-refractivity contribution in [1.82, 2.24) is 9.13 Å². The number of benzene rings is 2. The molecule has 0 saturated heterocycles. The van der Waals surface area contributed by atoms with Crippen LogP contribution in [0.4, 0.5) is 11.4 Å². The van der Waals surface area contributed by atoms with Crippen molar-refractivity contribution in [3.05, 3.63) is 97.1 Å². The van der Waals surface area contributed by atoms with E-state index in [4.69, 9.17) is 0 Å². The molecule has 2 aromatic heterocycles. The van der Waals surface area contributed by atoms with Gasteiger partial charge in [-0.05, 0) is 61.1 Å². The molecule has 0 aliphatic rings. The second-order valence-corrected chi connectivity index (χ2v) is 13.1. The smallest absolute Gasteiger partial charge is 0.237 e. The fraction of sp³-hybridized carbons (Fsp3) is 0.550. The van der Waals surface area contributed by atoms with Crippen LogP contribution in [0.25, 0.3) is 0 Å². The van der Waals surface area contributed by atoms with Gasteiger partial charge in [-0.15, -0.1) is 0 Å². The van der Waals surface area contributed by atoms with Crippen LogP contribution in [0.15, 0.2) is 96.2 Å². The number of hydrogen-bond donors (Lipinski definition) is 0. The highest BCUT2D eigenvalue weighted by molar-refractivity contribution is 5.41. The Morgan fingerprint density at radius 1 is 0.457 bits per heavy atom. The van der Waals surface area contributed by atoms with E-state index in [-0.39, 0.29) is 0 Å². The van der Waals surface area contributed by atoms with Gasteiger partial charge in [0.1, 0.15) is 37.9 Å². The molecule has 0 amide bonds. The van der Waals surface area contributed by atoms with Crippen LogP contribution in [0.3, 0.4) is 0 Å². The Morgan fingerprint density at radius 3 is 1.17 bits per heavy atom. The van der Waals surface area contributed by atoms with Crippen molar-refractivity contribution in [3.8, 4) is 0 Å². The molecule has 46 heavy (non-hydrogen) atoms. The lowest BCUT2D eigenvalue weighted by atomic mass is 10.1. The van der Waals surface area contributed by atoms with Crippen molar-refractivity contribution < 1.29 is 9.13 Å². The average molecular weight is 625 g/mol. The second-order valence-electron chi connectivity index (χ2n) is 13.1. The van der Waals surface area contributed by atoms with Crippen LogP contribution in [-0.4, -0.2) is 9.13 Å². The molecule has 0 aliphatic heterocycles. The Bertz CT molecular complexity index is 1260. The maximum absolute atomic E-state index is 4.48. The van der Waals surface area contributed by atoms with Crippen molar-refractivity contribution in [1.29, 1.82) is 0 Å². The molecule has 0 N–H and O–H groups in total. The molecule has 0 spiro atoms. The van der Waals surface area contributed by atoms with Gasteiger partial charge in [0.15, 0.2) is 0 Å². The van der Waals surface area contributed by atoms with Crippen molar-refractivity contribution in [2.24, 2.45) is 10.2 Å². The van der Waals surface area contributed by atoms with Crippen LogP contribution < -0.4 is 9.13 Å². The van der Waals surface area contributed by atoms with Crippen LogP contribution in [0, 0.1) is 0 Å². The molecule has 0 saturated carbocycles. The molecule has 0 bridgehead atoms. The number of imidazole rings is 2. The Kier molecular flexibility index (Phi) is 16.3. The molecular weight excluding hydrogens is 564 g/mol. The number of rotatable bonds is 24. The lowest BCUT2D eigenvalue weighted by Crippen LogP contribution is -2.31. The van der Waals surface area contributed by atoms with E-state index in [0.29, 0.717) is 0 Å². The Labute approximate surface area is 279 Å². The van der Waals surface area contributed by atoms with E-state index in [1.807, 2.05) is 0 Å². The zero-order valence-electron chi connectivity index (χ0n) is 28.9. The van der Waals surface area contributed by atoms with E-state index in [9.17, 15) is 0 Å². The molecule has 4 rings (SSSR count). The molecule has 248 valence electrons. The minimum absolute atomic E-state index is 0.865. The lowest BCUT2D eigenvalue weighted by Gasteiger charge is -2.01. The lowest BCUT2D eigenvalue weighted by molar-refractivity contribution is -0.688. The van der Waals surface area contributed by atoms with Gasteiger partial charge in [0.05, 0.1) is 24.5 Å². The molecule has 0 radical (unpaired) electrons. The van der Waals surface area contributed by atoms with E-state index in [1.54, 1.807) is 0 Å². The summed E-state index contributed by atoms with van der Waals surface area (Å²) < 4.78 is 9.15. The molecule has 4 aromatic rings. The topological polar surface area (TPSA) is 42.3 Å². The van der Waals surface area contributed by atoms with E-state index in [0.717, 1.165) is 37.6 Å². The summed E-state index contributed by atoms with van der Waals surface area (Å²) >= 11 is 0. The van der Waals surface area contributed by atoms with Gasteiger partial charge in [0, 0.05) is 0 Å². The Hall–Kier alpha value is -3.54. The first kappa shape index (κ1) is 35.3. The third-order valence-electron chi connectivity index (χ3n) is 8.92. The van der Waals surface area contributed by atoms with Crippen LogP contribution in [0.5, 0.6) is 0 Å². The van der Waals surface area contributed by atoms with Gasteiger partial charge >= 0.3 is 0 Å². The molecular formula is C40H60N6+2. The first-order chi connectivity index (χ1) is 22.7. The predicted molar refractivity (Wildman–Crippen MR) is 190 cm³/mol. The quantitative estimate of drug-likeness (QED) is 0.0423. The molecule has 6 heteroatoms. The average Bonchev–Trinajstić information content (AvgIpc) is 3.73. The van der Waals surface area contributed by atoms with Crippen LogP contribution in [0.2, 0.25) is 0 Å². The van der Waals surface area contributed by atoms with E-state index < -0.39 is 0 Å². The highest BCUT2D eigenvalue weighted by Gasteiger charge is 2.07. The monoisotopic (exact) mass is 624 g/mol. The normalized spacial score (nSPS) is 11.6. The number of unbranched alkanes of at least 4 members (excludes halogenated alkanes) is 14.